The largest absolute Gasteiger partial charge is 0.303 e. The van der Waals surface area contributed by atoms with E-state index in [-0.39, 0.29) is 11.8 Å². The van der Waals surface area contributed by atoms with Crippen LogP contribution in [0.5, 0.6) is 0 Å². The van der Waals surface area contributed by atoms with Gasteiger partial charge in [-0.15, -0.1) is 0 Å². The summed E-state index contributed by atoms with van der Waals surface area (Å²) in [6, 6.07) is 0.430. The van der Waals surface area contributed by atoms with Crippen LogP contribution in [0.15, 0.2) is 0 Å². The van der Waals surface area contributed by atoms with Crippen molar-refractivity contribution in [3.63, 3.8) is 0 Å². The molecule has 0 aromatic carbocycles. The standard InChI is InChI=1S/C10H19NO2/c1-8(2)11(4)10(5-6-12)7-9(3)13/h6,8,10H,5,7H2,1-4H3. The molecule has 0 saturated carbocycles. The van der Waals surface area contributed by atoms with Gasteiger partial charge in [-0.3, -0.25) is 4.79 Å². The second-order valence-electron chi connectivity index (χ2n) is 3.72. The minimum atomic E-state index is 0.0648. The highest BCUT2D eigenvalue weighted by molar-refractivity contribution is 5.76. The molecule has 0 heterocycles. The SMILES string of the molecule is CC(=O)CC(CC=O)N(C)C(C)C. The van der Waals surface area contributed by atoms with Crippen molar-refractivity contribution in [1.29, 1.82) is 0 Å². The van der Waals surface area contributed by atoms with Gasteiger partial charge in [0.2, 0.25) is 0 Å². The molecular weight excluding hydrogens is 166 g/mol. The summed E-state index contributed by atoms with van der Waals surface area (Å²) in [6.07, 6.45) is 1.79. The number of Topliss-reactive ketones (excluding diaryl/α,β-unsaturated/α-hetero) is 1. The average Bonchev–Trinajstić information content (AvgIpc) is 2.01. The number of aldehydes is 1. The van der Waals surface area contributed by atoms with Gasteiger partial charge in [0, 0.05) is 24.9 Å². The molecule has 0 aliphatic rings. The second-order valence-corrected chi connectivity index (χ2v) is 3.72. The van der Waals surface area contributed by atoms with E-state index in [0.717, 1.165) is 6.29 Å². The molecule has 3 nitrogen and oxygen atoms in total. The van der Waals surface area contributed by atoms with Crippen LogP contribution in [-0.4, -0.2) is 36.1 Å². The smallest absolute Gasteiger partial charge is 0.131 e. The van der Waals surface area contributed by atoms with Crippen molar-refractivity contribution in [3.8, 4) is 0 Å². The van der Waals surface area contributed by atoms with Crippen molar-refractivity contribution >= 4 is 12.1 Å². The summed E-state index contributed by atoms with van der Waals surface area (Å²) in [5.41, 5.74) is 0. The molecule has 0 spiro atoms. The predicted octanol–water partition coefficient (Wildman–Crippen LogP) is 1.26. The van der Waals surface area contributed by atoms with E-state index in [4.69, 9.17) is 0 Å². The van der Waals surface area contributed by atoms with E-state index in [9.17, 15) is 9.59 Å². The minimum absolute atomic E-state index is 0.0648. The summed E-state index contributed by atoms with van der Waals surface area (Å²) < 4.78 is 0. The number of rotatable bonds is 6. The van der Waals surface area contributed by atoms with E-state index in [1.165, 1.54) is 0 Å². The zero-order valence-electron chi connectivity index (χ0n) is 8.91. The number of ketones is 1. The molecule has 0 fully saturated rings. The Labute approximate surface area is 80.1 Å². The zero-order valence-corrected chi connectivity index (χ0v) is 8.91. The first-order chi connectivity index (χ1) is 5.99. The van der Waals surface area contributed by atoms with Crippen LogP contribution in [0.1, 0.15) is 33.6 Å². The van der Waals surface area contributed by atoms with Gasteiger partial charge in [0.15, 0.2) is 0 Å². The molecule has 0 rings (SSSR count). The lowest BCUT2D eigenvalue weighted by molar-refractivity contribution is -0.118. The van der Waals surface area contributed by atoms with Crippen LogP contribution in [0.2, 0.25) is 0 Å². The second kappa shape index (κ2) is 5.86. The topological polar surface area (TPSA) is 37.4 Å². The summed E-state index contributed by atoms with van der Waals surface area (Å²) in [5.74, 6) is 0.138. The van der Waals surface area contributed by atoms with Crippen molar-refractivity contribution in [2.24, 2.45) is 0 Å². The van der Waals surface area contributed by atoms with E-state index in [0.29, 0.717) is 18.9 Å². The van der Waals surface area contributed by atoms with E-state index >= 15 is 0 Å². The Morgan fingerprint density at radius 3 is 2.31 bits per heavy atom. The first kappa shape index (κ1) is 12.3. The number of nitrogens with zero attached hydrogens (tertiary/aromatic N) is 1. The molecule has 0 saturated heterocycles. The third-order valence-corrected chi connectivity index (χ3v) is 2.28. The fourth-order valence-corrected chi connectivity index (χ4v) is 1.26. The first-order valence-corrected chi connectivity index (χ1v) is 4.64. The van der Waals surface area contributed by atoms with Gasteiger partial charge in [-0.2, -0.15) is 0 Å². The quantitative estimate of drug-likeness (QED) is 0.585. The summed E-state index contributed by atoms with van der Waals surface area (Å²) in [7, 11) is 1.95. The van der Waals surface area contributed by atoms with Crippen LogP contribution < -0.4 is 0 Å². The summed E-state index contributed by atoms with van der Waals surface area (Å²) in [4.78, 5) is 23.4. The maximum absolute atomic E-state index is 10.9. The van der Waals surface area contributed by atoms with Crippen molar-refractivity contribution in [3.05, 3.63) is 0 Å². The third kappa shape index (κ3) is 4.78. The van der Waals surface area contributed by atoms with Gasteiger partial charge in [0.05, 0.1) is 0 Å². The highest BCUT2D eigenvalue weighted by atomic mass is 16.1. The lowest BCUT2D eigenvalue weighted by atomic mass is 10.1. The van der Waals surface area contributed by atoms with E-state index in [1.807, 2.05) is 7.05 Å². The molecule has 1 unspecified atom stereocenters. The Bertz CT molecular complexity index is 178. The lowest BCUT2D eigenvalue weighted by Crippen LogP contribution is -2.38. The van der Waals surface area contributed by atoms with E-state index < -0.39 is 0 Å². The van der Waals surface area contributed by atoms with Crippen LogP contribution in [0, 0.1) is 0 Å². The van der Waals surface area contributed by atoms with Crippen LogP contribution >= 0.6 is 0 Å². The summed E-state index contributed by atoms with van der Waals surface area (Å²) in [5, 5.41) is 0. The molecule has 0 aliphatic carbocycles. The molecule has 13 heavy (non-hydrogen) atoms. The molecule has 0 N–H and O–H groups in total. The van der Waals surface area contributed by atoms with Crippen molar-refractivity contribution < 1.29 is 9.59 Å². The highest BCUT2D eigenvalue weighted by Gasteiger charge is 2.18. The average molecular weight is 185 g/mol. The van der Waals surface area contributed by atoms with Crippen LogP contribution in [0.25, 0.3) is 0 Å². The molecule has 1 atom stereocenters. The van der Waals surface area contributed by atoms with Gasteiger partial charge in [0.25, 0.3) is 0 Å². The van der Waals surface area contributed by atoms with Crippen molar-refractivity contribution in [1.82, 2.24) is 4.90 Å². The molecule has 0 radical (unpaired) electrons. The normalized spacial score (nSPS) is 13.4. The van der Waals surface area contributed by atoms with Crippen LogP contribution in [-0.2, 0) is 9.59 Å². The maximum atomic E-state index is 10.9. The fourth-order valence-electron chi connectivity index (χ4n) is 1.26. The van der Waals surface area contributed by atoms with Gasteiger partial charge in [0.1, 0.15) is 12.1 Å². The summed E-state index contributed by atoms with van der Waals surface area (Å²) in [6.45, 7) is 5.67. The van der Waals surface area contributed by atoms with Crippen molar-refractivity contribution in [2.75, 3.05) is 7.05 Å². The Morgan fingerprint density at radius 2 is 2.00 bits per heavy atom. The predicted molar refractivity (Wildman–Crippen MR) is 52.7 cm³/mol. The van der Waals surface area contributed by atoms with Gasteiger partial charge in [-0.05, 0) is 27.8 Å². The highest BCUT2D eigenvalue weighted by Crippen LogP contribution is 2.09. The van der Waals surface area contributed by atoms with E-state index in [1.54, 1.807) is 6.92 Å². The van der Waals surface area contributed by atoms with Crippen molar-refractivity contribution in [2.45, 2.75) is 45.7 Å². The van der Waals surface area contributed by atoms with Gasteiger partial charge >= 0.3 is 0 Å². The molecular formula is C10H19NO2. The Hall–Kier alpha value is -0.700. The third-order valence-electron chi connectivity index (χ3n) is 2.28. The number of hydrogen-bond acceptors (Lipinski definition) is 3. The maximum Gasteiger partial charge on any atom is 0.131 e. The molecule has 0 bridgehead atoms. The van der Waals surface area contributed by atoms with Gasteiger partial charge in [-0.1, -0.05) is 0 Å². The number of hydrogen-bond donors (Lipinski definition) is 0. The fraction of sp³-hybridized carbons (Fsp3) is 0.800. The van der Waals surface area contributed by atoms with Gasteiger partial charge < -0.3 is 9.69 Å². The summed E-state index contributed by atoms with van der Waals surface area (Å²) >= 11 is 0. The molecule has 3 heteroatoms. The molecule has 0 amide bonds. The minimum Gasteiger partial charge on any atom is -0.303 e. The Morgan fingerprint density at radius 1 is 1.46 bits per heavy atom. The number of carbonyl (C=O) groups excluding carboxylic acids is 2. The van der Waals surface area contributed by atoms with E-state index in [2.05, 4.69) is 18.7 Å². The van der Waals surface area contributed by atoms with Gasteiger partial charge in [-0.25, -0.2) is 0 Å². The lowest BCUT2D eigenvalue weighted by Gasteiger charge is -2.29. The van der Waals surface area contributed by atoms with Crippen LogP contribution in [0.4, 0.5) is 0 Å². The monoisotopic (exact) mass is 185 g/mol. The first-order valence-electron chi connectivity index (χ1n) is 4.64. The molecule has 0 aromatic heterocycles. The number of carbonyl (C=O) groups is 2. The van der Waals surface area contributed by atoms with Crippen LogP contribution in [0.3, 0.4) is 0 Å². The Kier molecular flexibility index (Phi) is 5.55. The molecule has 76 valence electrons. The molecule has 0 aromatic rings. The molecule has 0 aliphatic heterocycles. The Balaban J connectivity index is 4.21. The zero-order chi connectivity index (χ0) is 10.4.